The van der Waals surface area contributed by atoms with E-state index in [4.69, 9.17) is 32.7 Å². The lowest BCUT2D eigenvalue weighted by Crippen LogP contribution is -2.52. The molecule has 0 saturated carbocycles. The molecule has 9 nitrogen and oxygen atoms in total. The molecule has 0 bridgehead atoms. The van der Waals surface area contributed by atoms with Gasteiger partial charge in [0.2, 0.25) is 5.91 Å². The van der Waals surface area contributed by atoms with E-state index in [-0.39, 0.29) is 40.4 Å². The smallest absolute Gasteiger partial charge is 0.411 e. The van der Waals surface area contributed by atoms with Crippen molar-refractivity contribution in [1.82, 2.24) is 10.2 Å². The SMILES string of the molecule is COC(=O)[C@H](Cc1ccc(NC(=O)c2c(Cl)cccc2Cl)cc1)NC(=O)C1CSCN1C(=O)OCC1c2ccccc2-c2ccccc21. The molecular weight excluding hydrogens is 673 g/mol. The van der Waals surface area contributed by atoms with Crippen LogP contribution < -0.4 is 10.6 Å². The second-order valence-corrected chi connectivity index (χ2v) is 13.1. The zero-order valence-corrected chi connectivity index (χ0v) is 28.1. The summed E-state index contributed by atoms with van der Waals surface area (Å²) in [5.41, 5.74) is 5.79. The lowest BCUT2D eigenvalue weighted by atomic mass is 9.98. The van der Waals surface area contributed by atoms with Gasteiger partial charge in [0.25, 0.3) is 5.91 Å². The summed E-state index contributed by atoms with van der Waals surface area (Å²) < 4.78 is 10.8. The minimum Gasteiger partial charge on any atom is -0.467 e. The topological polar surface area (TPSA) is 114 Å². The van der Waals surface area contributed by atoms with Gasteiger partial charge in [-0.2, -0.15) is 0 Å². The summed E-state index contributed by atoms with van der Waals surface area (Å²) in [5.74, 6) is -1.05. The van der Waals surface area contributed by atoms with Crippen LogP contribution in [0.5, 0.6) is 0 Å². The maximum Gasteiger partial charge on any atom is 0.411 e. The van der Waals surface area contributed by atoms with Crippen molar-refractivity contribution < 1.29 is 28.7 Å². The molecule has 0 aromatic heterocycles. The molecule has 1 unspecified atom stereocenters. The minimum atomic E-state index is -1.01. The van der Waals surface area contributed by atoms with Crippen LogP contribution in [-0.4, -0.2) is 66.2 Å². The Morgan fingerprint density at radius 1 is 0.875 bits per heavy atom. The largest absolute Gasteiger partial charge is 0.467 e. The van der Waals surface area contributed by atoms with E-state index in [1.807, 2.05) is 36.4 Å². The predicted molar refractivity (Wildman–Crippen MR) is 187 cm³/mol. The maximum atomic E-state index is 13.5. The van der Waals surface area contributed by atoms with E-state index in [1.165, 1.54) is 23.8 Å². The van der Waals surface area contributed by atoms with Crippen molar-refractivity contribution in [1.29, 1.82) is 0 Å². The Morgan fingerprint density at radius 2 is 1.50 bits per heavy atom. The maximum absolute atomic E-state index is 13.5. The minimum absolute atomic E-state index is 0.110. The summed E-state index contributed by atoms with van der Waals surface area (Å²) in [4.78, 5) is 53.7. The Bertz CT molecular complexity index is 1810. The summed E-state index contributed by atoms with van der Waals surface area (Å²) in [6.45, 7) is 0.134. The van der Waals surface area contributed by atoms with E-state index in [1.54, 1.807) is 42.5 Å². The molecule has 0 radical (unpaired) electrons. The van der Waals surface area contributed by atoms with Crippen LogP contribution in [0.3, 0.4) is 0 Å². The van der Waals surface area contributed by atoms with Gasteiger partial charge in [-0.3, -0.25) is 14.5 Å². The number of ether oxygens (including phenoxy) is 2. The number of thioether (sulfide) groups is 1. The Balaban J connectivity index is 1.08. The first-order valence-corrected chi connectivity index (χ1v) is 17.1. The predicted octanol–water partition coefficient (Wildman–Crippen LogP) is 6.77. The molecule has 1 saturated heterocycles. The number of halogens is 2. The van der Waals surface area contributed by atoms with E-state index >= 15 is 0 Å². The van der Waals surface area contributed by atoms with E-state index < -0.39 is 36.0 Å². The lowest BCUT2D eigenvalue weighted by molar-refractivity contribution is -0.145. The van der Waals surface area contributed by atoms with Crippen LogP contribution in [0.25, 0.3) is 11.1 Å². The molecule has 1 heterocycles. The van der Waals surface area contributed by atoms with Gasteiger partial charge < -0.3 is 20.1 Å². The third-order valence-electron chi connectivity index (χ3n) is 8.40. The number of anilines is 1. The number of methoxy groups -OCH3 is 1. The number of fused-ring (bicyclic) bond motifs is 3. The molecule has 4 aromatic rings. The van der Waals surface area contributed by atoms with Crippen LogP contribution in [0.1, 0.15) is 33.0 Å². The lowest BCUT2D eigenvalue weighted by Gasteiger charge is -2.25. The van der Waals surface area contributed by atoms with E-state index in [0.717, 1.165) is 22.3 Å². The number of nitrogens with zero attached hydrogens (tertiary/aromatic N) is 1. The van der Waals surface area contributed by atoms with Crippen molar-refractivity contribution in [3.8, 4) is 11.1 Å². The van der Waals surface area contributed by atoms with Crippen molar-refractivity contribution in [2.75, 3.05) is 30.7 Å². The normalized spacial score (nSPS) is 15.6. The van der Waals surface area contributed by atoms with Crippen LogP contribution >= 0.6 is 35.0 Å². The quantitative estimate of drug-likeness (QED) is 0.185. The highest BCUT2D eigenvalue weighted by molar-refractivity contribution is 7.99. The molecule has 6 rings (SSSR count). The van der Waals surface area contributed by atoms with Crippen molar-refractivity contribution in [3.05, 3.63) is 123 Å². The van der Waals surface area contributed by atoms with Gasteiger partial charge in [0.05, 0.1) is 28.6 Å². The molecule has 12 heteroatoms. The summed E-state index contributed by atoms with van der Waals surface area (Å²) in [6.07, 6.45) is -0.472. The number of benzene rings is 4. The van der Waals surface area contributed by atoms with Crippen molar-refractivity contribution in [2.45, 2.75) is 24.4 Å². The number of rotatable bonds is 9. The van der Waals surface area contributed by atoms with Crippen LogP contribution in [0, 0.1) is 0 Å². The molecule has 2 aliphatic rings. The molecule has 246 valence electrons. The molecular formula is C36H31Cl2N3O6S. The van der Waals surface area contributed by atoms with Gasteiger partial charge in [0, 0.05) is 23.8 Å². The van der Waals surface area contributed by atoms with Crippen molar-refractivity contribution >= 4 is 64.5 Å². The average Bonchev–Trinajstić information content (AvgIpc) is 3.71. The number of carbonyl (C=O) groups is 4. The van der Waals surface area contributed by atoms with Gasteiger partial charge in [-0.15, -0.1) is 11.8 Å². The third-order valence-corrected chi connectivity index (χ3v) is 10.0. The molecule has 1 aliphatic carbocycles. The van der Waals surface area contributed by atoms with Gasteiger partial charge in [0.15, 0.2) is 0 Å². The van der Waals surface area contributed by atoms with E-state index in [9.17, 15) is 19.2 Å². The first-order chi connectivity index (χ1) is 23.2. The van der Waals surface area contributed by atoms with Gasteiger partial charge in [0.1, 0.15) is 18.7 Å². The highest BCUT2D eigenvalue weighted by Crippen LogP contribution is 2.44. The second-order valence-electron chi connectivity index (χ2n) is 11.3. The zero-order chi connectivity index (χ0) is 33.8. The number of amides is 3. The standard InChI is InChI=1S/C36H31Cl2N3O6S/c1-46-35(44)30(17-21-13-15-22(16-14-21)39-34(43)32-28(37)11-6-12-29(32)38)40-33(42)31-19-48-20-41(31)36(45)47-18-27-25-9-4-2-7-23(25)24-8-3-5-10-26(24)27/h2-16,27,30-31H,17-20H2,1H3,(H,39,43)(H,40,42)/t30-,31?/m0/s1. The number of nitrogens with one attached hydrogen (secondary N) is 2. The number of esters is 1. The Hall–Kier alpha value is -4.51. The fourth-order valence-electron chi connectivity index (χ4n) is 5.99. The third kappa shape index (κ3) is 7.01. The molecule has 48 heavy (non-hydrogen) atoms. The molecule has 2 atom stereocenters. The monoisotopic (exact) mass is 703 g/mol. The van der Waals surface area contributed by atoms with Crippen molar-refractivity contribution in [2.24, 2.45) is 0 Å². The first kappa shape index (κ1) is 33.4. The number of hydrogen-bond donors (Lipinski definition) is 2. The summed E-state index contributed by atoms with van der Waals surface area (Å²) in [5, 5.41) is 5.98. The van der Waals surface area contributed by atoms with Gasteiger partial charge in [-0.05, 0) is 52.1 Å². The molecule has 1 fully saturated rings. The fraction of sp³-hybridized carbons (Fsp3) is 0.222. The van der Waals surface area contributed by atoms with Gasteiger partial charge in [-0.25, -0.2) is 9.59 Å². The van der Waals surface area contributed by atoms with Crippen LogP contribution in [-0.2, 0) is 25.5 Å². The van der Waals surface area contributed by atoms with E-state index in [0.29, 0.717) is 17.0 Å². The Morgan fingerprint density at radius 3 is 2.12 bits per heavy atom. The Kier molecular flexibility index (Phi) is 10.2. The molecule has 2 N–H and O–H groups in total. The van der Waals surface area contributed by atoms with Crippen LogP contribution in [0.15, 0.2) is 91.0 Å². The Labute approximate surface area is 291 Å². The molecule has 3 amide bonds. The van der Waals surface area contributed by atoms with Crippen LogP contribution in [0.2, 0.25) is 10.0 Å². The van der Waals surface area contributed by atoms with Crippen molar-refractivity contribution in [3.63, 3.8) is 0 Å². The number of hydrogen-bond acceptors (Lipinski definition) is 7. The molecule has 4 aromatic carbocycles. The van der Waals surface area contributed by atoms with Gasteiger partial charge in [-0.1, -0.05) is 89.9 Å². The summed E-state index contributed by atoms with van der Waals surface area (Å²) >= 11 is 13.7. The average molecular weight is 705 g/mol. The fourth-order valence-corrected chi connectivity index (χ4v) is 7.70. The highest BCUT2D eigenvalue weighted by Gasteiger charge is 2.38. The summed E-state index contributed by atoms with van der Waals surface area (Å²) in [6, 6.07) is 25.9. The highest BCUT2D eigenvalue weighted by atomic mass is 35.5. The first-order valence-electron chi connectivity index (χ1n) is 15.2. The molecule has 0 spiro atoms. The van der Waals surface area contributed by atoms with E-state index in [2.05, 4.69) is 22.8 Å². The number of carbonyl (C=O) groups excluding carboxylic acids is 4. The van der Waals surface area contributed by atoms with Crippen LogP contribution in [0.4, 0.5) is 10.5 Å². The second kappa shape index (κ2) is 14.7. The zero-order valence-electron chi connectivity index (χ0n) is 25.8. The molecule has 1 aliphatic heterocycles. The van der Waals surface area contributed by atoms with Gasteiger partial charge >= 0.3 is 12.1 Å². The summed E-state index contributed by atoms with van der Waals surface area (Å²) in [7, 11) is 1.24.